The van der Waals surface area contributed by atoms with Gasteiger partial charge in [-0.1, -0.05) is 48.1 Å². The van der Waals surface area contributed by atoms with Gasteiger partial charge in [-0.15, -0.1) is 0 Å². The van der Waals surface area contributed by atoms with E-state index < -0.39 is 0 Å². The van der Waals surface area contributed by atoms with E-state index in [1.54, 1.807) is 0 Å². The number of hydrogen-bond acceptors (Lipinski definition) is 1. The molecular weight excluding hydrogens is 158 g/mol. The predicted molar refractivity (Wildman–Crippen MR) is 61.0 cm³/mol. The third kappa shape index (κ3) is 5.40. The second-order valence-electron chi connectivity index (χ2n) is 3.46. The minimum Gasteiger partial charge on any atom is -0.261 e. The van der Waals surface area contributed by atoms with Crippen LogP contribution < -0.4 is 0 Å². The third-order valence-electron chi connectivity index (χ3n) is 1.43. The van der Waals surface area contributed by atoms with Crippen LogP contribution >= 0.6 is 0 Å². The molecule has 13 heavy (non-hydrogen) atoms. The van der Waals surface area contributed by atoms with E-state index in [-0.39, 0.29) is 12.8 Å². The number of hydrogen-bond donors (Lipinski definition) is 0. The smallest absolute Gasteiger partial charge is 0.0457 e. The molecule has 76 valence electrons. The lowest BCUT2D eigenvalue weighted by Gasteiger charge is -2.16. The Hall–Kier alpha value is -0.850. The van der Waals surface area contributed by atoms with Gasteiger partial charge in [0.15, 0.2) is 0 Å². The van der Waals surface area contributed by atoms with Crippen molar-refractivity contribution in [1.82, 2.24) is 4.98 Å². The number of aromatic nitrogens is 1. The molecule has 0 amide bonds. The molecule has 0 aliphatic carbocycles. The first-order chi connectivity index (χ1) is 5.61. The van der Waals surface area contributed by atoms with Gasteiger partial charge in [0.05, 0.1) is 0 Å². The fraction of sp³-hybridized carbons (Fsp3) is 0.583. The van der Waals surface area contributed by atoms with Gasteiger partial charge in [-0.3, -0.25) is 4.98 Å². The van der Waals surface area contributed by atoms with E-state index in [1.165, 1.54) is 0 Å². The Kier molecular flexibility index (Phi) is 7.49. The molecule has 0 saturated heterocycles. The molecule has 1 aromatic heterocycles. The highest BCUT2D eigenvalue weighted by Crippen LogP contribution is 2.18. The highest BCUT2D eigenvalue weighted by atomic mass is 14.7. The maximum Gasteiger partial charge on any atom is 0.0457 e. The topological polar surface area (TPSA) is 12.9 Å². The molecule has 0 saturated carbocycles. The molecule has 0 aromatic carbocycles. The number of pyridine rings is 1. The molecule has 1 aromatic rings. The molecule has 0 bridgehead atoms. The van der Waals surface area contributed by atoms with E-state index >= 15 is 0 Å². The van der Waals surface area contributed by atoms with Gasteiger partial charge in [0, 0.05) is 17.3 Å². The van der Waals surface area contributed by atoms with Gasteiger partial charge in [0.2, 0.25) is 0 Å². The van der Waals surface area contributed by atoms with Crippen LogP contribution in [0.5, 0.6) is 0 Å². The average molecular weight is 181 g/mol. The Bertz CT molecular complexity index is 196. The lowest BCUT2D eigenvalue weighted by atomic mass is 9.92. The largest absolute Gasteiger partial charge is 0.261 e. The van der Waals surface area contributed by atoms with Gasteiger partial charge in [-0.2, -0.15) is 0 Å². The van der Waals surface area contributed by atoms with E-state index in [1.807, 2.05) is 32.2 Å². The summed E-state index contributed by atoms with van der Waals surface area (Å²) >= 11 is 0. The van der Waals surface area contributed by atoms with Crippen LogP contribution in [0.3, 0.4) is 0 Å². The summed E-state index contributed by atoms with van der Waals surface area (Å²) in [4.78, 5) is 4.25. The van der Waals surface area contributed by atoms with Crippen LogP contribution in [0.4, 0.5) is 0 Å². The quantitative estimate of drug-likeness (QED) is 0.588. The molecule has 0 aliphatic rings. The van der Waals surface area contributed by atoms with E-state index in [0.717, 1.165) is 5.69 Å². The van der Waals surface area contributed by atoms with Crippen LogP contribution in [-0.4, -0.2) is 4.98 Å². The number of rotatable bonds is 0. The summed E-state index contributed by atoms with van der Waals surface area (Å²) in [5.74, 6) is 0. The zero-order valence-corrected chi connectivity index (χ0v) is 8.76. The van der Waals surface area contributed by atoms with Crippen LogP contribution in [0, 0.1) is 0 Å². The molecule has 0 unspecified atom stereocenters. The summed E-state index contributed by atoms with van der Waals surface area (Å²) in [5, 5.41) is 0. The maximum absolute atomic E-state index is 4.25. The molecule has 1 heteroatoms. The van der Waals surface area contributed by atoms with Gasteiger partial charge in [0.25, 0.3) is 0 Å². The van der Waals surface area contributed by atoms with Crippen molar-refractivity contribution < 1.29 is 0 Å². The van der Waals surface area contributed by atoms with Crippen molar-refractivity contribution in [3.8, 4) is 0 Å². The minimum atomic E-state index is 0. The fourth-order valence-electron chi connectivity index (χ4n) is 0.806. The third-order valence-corrected chi connectivity index (χ3v) is 1.43. The molecule has 0 atom stereocenters. The molecule has 0 fully saturated rings. The maximum atomic E-state index is 4.25. The molecule has 1 heterocycles. The lowest BCUT2D eigenvalue weighted by molar-refractivity contribution is 0.569. The second-order valence-corrected chi connectivity index (χ2v) is 3.46. The van der Waals surface area contributed by atoms with Gasteiger partial charge in [0.1, 0.15) is 0 Å². The van der Waals surface area contributed by atoms with Crippen molar-refractivity contribution in [3.05, 3.63) is 30.1 Å². The Labute approximate surface area is 83.2 Å². The molecule has 1 nitrogen and oxygen atoms in total. The van der Waals surface area contributed by atoms with Crippen LogP contribution in [-0.2, 0) is 5.41 Å². The SMILES string of the molecule is C.CC.CC(C)(C)c1ccccn1. The van der Waals surface area contributed by atoms with Crippen LogP contribution in [0.2, 0.25) is 0 Å². The van der Waals surface area contributed by atoms with E-state index in [4.69, 9.17) is 0 Å². The van der Waals surface area contributed by atoms with Crippen molar-refractivity contribution in [2.45, 2.75) is 47.5 Å². The summed E-state index contributed by atoms with van der Waals surface area (Å²) < 4.78 is 0. The van der Waals surface area contributed by atoms with Gasteiger partial charge in [-0.25, -0.2) is 0 Å². The van der Waals surface area contributed by atoms with E-state index in [2.05, 4.69) is 31.8 Å². The Morgan fingerprint density at radius 3 is 1.85 bits per heavy atom. The summed E-state index contributed by atoms with van der Waals surface area (Å²) in [7, 11) is 0. The van der Waals surface area contributed by atoms with Crippen molar-refractivity contribution in [3.63, 3.8) is 0 Å². The van der Waals surface area contributed by atoms with Gasteiger partial charge < -0.3 is 0 Å². The summed E-state index contributed by atoms with van der Waals surface area (Å²) in [6, 6.07) is 6.02. The Balaban J connectivity index is 0. The van der Waals surface area contributed by atoms with Crippen molar-refractivity contribution >= 4 is 0 Å². The van der Waals surface area contributed by atoms with Crippen LogP contribution in [0.15, 0.2) is 24.4 Å². The standard InChI is InChI=1S/C9H13N.C2H6.CH4/c1-9(2,3)8-6-4-5-7-10-8;1-2;/h4-7H,1-3H3;1-2H3;1H4. The van der Waals surface area contributed by atoms with Gasteiger partial charge in [-0.05, 0) is 12.1 Å². The van der Waals surface area contributed by atoms with E-state index in [0.29, 0.717) is 0 Å². The van der Waals surface area contributed by atoms with Crippen LogP contribution in [0.25, 0.3) is 0 Å². The average Bonchev–Trinajstić information content (AvgIpc) is 2.08. The van der Waals surface area contributed by atoms with Gasteiger partial charge >= 0.3 is 0 Å². The second kappa shape index (κ2) is 6.64. The lowest BCUT2D eigenvalue weighted by Crippen LogP contribution is -2.12. The van der Waals surface area contributed by atoms with E-state index in [9.17, 15) is 0 Å². The zero-order valence-electron chi connectivity index (χ0n) is 8.76. The highest BCUT2D eigenvalue weighted by Gasteiger charge is 2.13. The molecule has 0 aliphatic heterocycles. The predicted octanol–water partition coefficient (Wildman–Crippen LogP) is 4.04. The van der Waals surface area contributed by atoms with Crippen LogP contribution in [0.1, 0.15) is 47.7 Å². The summed E-state index contributed by atoms with van der Waals surface area (Å²) in [6.07, 6.45) is 1.83. The molecule has 0 radical (unpaired) electrons. The summed E-state index contributed by atoms with van der Waals surface area (Å²) in [5.41, 5.74) is 1.33. The Morgan fingerprint density at radius 1 is 1.08 bits per heavy atom. The monoisotopic (exact) mass is 181 g/mol. The normalized spacial score (nSPS) is 9.31. The highest BCUT2D eigenvalue weighted by molar-refractivity contribution is 5.12. The molecular formula is C12H23N. The first kappa shape index (κ1) is 14.7. The number of nitrogens with zero attached hydrogens (tertiary/aromatic N) is 1. The molecule has 0 spiro atoms. The minimum absolute atomic E-state index is 0. The fourth-order valence-corrected chi connectivity index (χ4v) is 0.806. The molecule has 0 N–H and O–H groups in total. The first-order valence-electron chi connectivity index (χ1n) is 4.52. The summed E-state index contributed by atoms with van der Waals surface area (Å²) in [6.45, 7) is 10.5. The van der Waals surface area contributed by atoms with Crippen molar-refractivity contribution in [2.75, 3.05) is 0 Å². The van der Waals surface area contributed by atoms with Crippen molar-refractivity contribution in [1.29, 1.82) is 0 Å². The van der Waals surface area contributed by atoms with Crippen molar-refractivity contribution in [2.24, 2.45) is 0 Å². The Morgan fingerprint density at radius 2 is 1.62 bits per heavy atom. The molecule has 1 rings (SSSR count). The first-order valence-corrected chi connectivity index (χ1v) is 4.52. The zero-order chi connectivity index (χ0) is 9.61.